The van der Waals surface area contributed by atoms with E-state index in [1.807, 2.05) is 0 Å². The average molecular weight is 582 g/mol. The Hall–Kier alpha value is -2.93. The molecule has 0 radical (unpaired) electrons. The van der Waals surface area contributed by atoms with Crippen molar-refractivity contribution in [3.05, 3.63) is 58.1 Å². The molecule has 1 N–H and O–H groups in total. The van der Waals surface area contributed by atoms with Gasteiger partial charge < -0.3 is 10.1 Å². The number of halogens is 7. The molecular weight excluding hydrogens is 560 g/mol. The fourth-order valence-corrected chi connectivity index (χ4v) is 4.84. The van der Waals surface area contributed by atoms with E-state index in [9.17, 15) is 35.9 Å². The molecule has 1 unspecified atom stereocenters. The highest BCUT2D eigenvalue weighted by molar-refractivity contribution is 7.98. The summed E-state index contributed by atoms with van der Waals surface area (Å²) in [5.41, 5.74) is -3.03. The number of nitrogens with one attached hydrogen (secondary N) is 1. The van der Waals surface area contributed by atoms with Gasteiger partial charge in [-0.2, -0.15) is 31.4 Å². The highest BCUT2D eigenvalue weighted by Crippen LogP contribution is 2.39. The van der Waals surface area contributed by atoms with Crippen molar-refractivity contribution in [2.45, 2.75) is 31.1 Å². The van der Waals surface area contributed by atoms with Crippen LogP contribution < -0.4 is 5.32 Å². The van der Waals surface area contributed by atoms with Gasteiger partial charge in [0.15, 0.2) is 0 Å². The van der Waals surface area contributed by atoms with Crippen LogP contribution in [0.25, 0.3) is 0 Å². The van der Waals surface area contributed by atoms with E-state index < -0.39 is 52.3 Å². The van der Waals surface area contributed by atoms with Crippen LogP contribution in [0.1, 0.15) is 30.5 Å². The first-order valence-corrected chi connectivity index (χ1v) is 12.6. The lowest BCUT2D eigenvalue weighted by Crippen LogP contribution is -2.41. The predicted octanol–water partition coefficient (Wildman–Crippen LogP) is 6.33. The zero-order valence-electron chi connectivity index (χ0n) is 20.3. The third-order valence-corrected chi connectivity index (χ3v) is 6.74. The zero-order chi connectivity index (χ0) is 28.5. The predicted molar refractivity (Wildman–Crippen MR) is 131 cm³/mol. The normalized spacial score (nSPS) is 17.8. The third-order valence-electron chi connectivity index (χ3n) is 5.65. The van der Waals surface area contributed by atoms with Gasteiger partial charge in [0.25, 0.3) is 0 Å². The van der Waals surface area contributed by atoms with Crippen molar-refractivity contribution in [2.24, 2.45) is 10.5 Å². The molecule has 3 rings (SSSR count). The van der Waals surface area contributed by atoms with Crippen molar-refractivity contribution in [1.29, 1.82) is 0 Å². The number of benzene rings is 2. The molecule has 2 aromatic rings. The summed E-state index contributed by atoms with van der Waals surface area (Å²) in [6.45, 7) is 2.55. The molecule has 0 aromatic heterocycles. The van der Waals surface area contributed by atoms with E-state index in [-0.39, 0.29) is 35.0 Å². The number of carbonyl (C=O) groups is 2. The van der Waals surface area contributed by atoms with Crippen LogP contribution >= 0.6 is 23.4 Å². The zero-order valence-corrected chi connectivity index (χ0v) is 21.8. The second-order valence-corrected chi connectivity index (χ2v) is 9.73. The van der Waals surface area contributed by atoms with Crippen LogP contribution in [0.4, 0.5) is 32.0 Å². The standard InChI is InChI=1S/C24H22ClF6N3O3S/c1-4-37-21(36)22(2)12-34(33-20(22)13-5-7-15(17(25)9-13)23(26,27)28)11-19(35)32-14-6-8-16(24(29,30)31)18(10-14)38-3/h5-10H,4,11-12H2,1-3H3,(H,32,35). The molecule has 0 bridgehead atoms. The van der Waals surface area contributed by atoms with Crippen LogP contribution in [0, 0.1) is 5.41 Å². The SMILES string of the molecule is CCOC(=O)C1(C)CN(CC(=O)Nc2ccc(C(F)(F)F)c(SC)c2)N=C1c1ccc(C(F)(F)F)c(Cl)c1. The van der Waals surface area contributed by atoms with E-state index in [4.69, 9.17) is 16.3 Å². The second kappa shape index (κ2) is 11.0. The Balaban J connectivity index is 1.87. The number of ether oxygens (including phenoxy) is 1. The topological polar surface area (TPSA) is 71.0 Å². The van der Waals surface area contributed by atoms with Crippen molar-refractivity contribution >= 4 is 46.6 Å². The molecule has 6 nitrogen and oxygen atoms in total. The number of carbonyl (C=O) groups excluding carboxylic acids is 2. The molecule has 1 heterocycles. The molecule has 0 fully saturated rings. The maximum atomic E-state index is 13.2. The van der Waals surface area contributed by atoms with E-state index in [2.05, 4.69) is 10.4 Å². The lowest BCUT2D eigenvalue weighted by Gasteiger charge is -2.24. The fraction of sp³-hybridized carbons (Fsp3) is 0.375. The van der Waals surface area contributed by atoms with Gasteiger partial charge in [-0.1, -0.05) is 17.7 Å². The van der Waals surface area contributed by atoms with Crippen LogP contribution in [0.2, 0.25) is 5.02 Å². The number of hydrogen-bond donors (Lipinski definition) is 1. The minimum absolute atomic E-state index is 0.0294. The summed E-state index contributed by atoms with van der Waals surface area (Å²) in [5, 5.41) is 7.44. The molecule has 1 atom stereocenters. The Morgan fingerprint density at radius 3 is 2.29 bits per heavy atom. The van der Waals surface area contributed by atoms with Crippen LogP contribution in [-0.4, -0.2) is 48.5 Å². The van der Waals surface area contributed by atoms with Crippen molar-refractivity contribution in [3.8, 4) is 0 Å². The number of anilines is 1. The molecule has 38 heavy (non-hydrogen) atoms. The average Bonchev–Trinajstić information content (AvgIpc) is 3.14. The summed E-state index contributed by atoms with van der Waals surface area (Å²) in [4.78, 5) is 25.4. The van der Waals surface area contributed by atoms with Gasteiger partial charge in [0.05, 0.1) is 35.0 Å². The molecule has 1 aliphatic heterocycles. The minimum atomic E-state index is -4.68. The molecule has 206 valence electrons. The highest BCUT2D eigenvalue weighted by Gasteiger charge is 2.47. The number of amides is 1. The van der Waals surface area contributed by atoms with Crippen LogP contribution in [-0.2, 0) is 26.7 Å². The largest absolute Gasteiger partial charge is 0.465 e. The van der Waals surface area contributed by atoms with Gasteiger partial charge in [-0.05, 0) is 50.4 Å². The summed E-state index contributed by atoms with van der Waals surface area (Å²) in [6, 6.07) is 6.11. The first kappa shape index (κ1) is 29.6. The summed E-state index contributed by atoms with van der Waals surface area (Å²) in [6.07, 6.45) is -7.77. The molecule has 0 aliphatic carbocycles. The van der Waals surface area contributed by atoms with Gasteiger partial charge >= 0.3 is 18.3 Å². The van der Waals surface area contributed by atoms with Crippen molar-refractivity contribution in [3.63, 3.8) is 0 Å². The number of esters is 1. The van der Waals surface area contributed by atoms with Crippen molar-refractivity contribution < 1.29 is 40.7 Å². The van der Waals surface area contributed by atoms with E-state index >= 15 is 0 Å². The summed E-state index contributed by atoms with van der Waals surface area (Å²) >= 11 is 6.73. The molecule has 0 saturated heterocycles. The molecule has 0 saturated carbocycles. The van der Waals surface area contributed by atoms with E-state index in [1.54, 1.807) is 6.92 Å². The number of hydrazone groups is 1. The maximum absolute atomic E-state index is 13.2. The van der Waals surface area contributed by atoms with Crippen LogP contribution in [0.5, 0.6) is 0 Å². The van der Waals surface area contributed by atoms with Crippen molar-refractivity contribution in [2.75, 3.05) is 31.3 Å². The van der Waals surface area contributed by atoms with Crippen molar-refractivity contribution in [1.82, 2.24) is 5.01 Å². The Morgan fingerprint density at radius 1 is 1.11 bits per heavy atom. The lowest BCUT2D eigenvalue weighted by molar-refractivity contribution is -0.150. The summed E-state index contributed by atoms with van der Waals surface area (Å²) in [5.74, 6) is -1.34. The minimum Gasteiger partial charge on any atom is -0.465 e. The van der Waals surface area contributed by atoms with Crippen LogP contribution in [0.3, 0.4) is 0 Å². The smallest absolute Gasteiger partial charge is 0.417 e. The quantitative estimate of drug-likeness (QED) is 0.235. The van der Waals surface area contributed by atoms with Gasteiger partial charge in [-0.15, -0.1) is 11.8 Å². The molecular formula is C24H22ClF6N3O3S. The highest BCUT2D eigenvalue weighted by atomic mass is 35.5. The van der Waals surface area contributed by atoms with E-state index in [1.165, 1.54) is 24.3 Å². The van der Waals surface area contributed by atoms with Gasteiger partial charge in [-0.25, -0.2) is 0 Å². The molecule has 2 aromatic carbocycles. The first-order chi connectivity index (χ1) is 17.6. The van der Waals surface area contributed by atoms with Gasteiger partial charge in [0, 0.05) is 16.1 Å². The fourth-order valence-electron chi connectivity index (χ4n) is 3.91. The number of hydrogen-bond acceptors (Lipinski definition) is 6. The van der Waals surface area contributed by atoms with Gasteiger partial charge in [-0.3, -0.25) is 14.6 Å². The van der Waals surface area contributed by atoms with Gasteiger partial charge in [0.2, 0.25) is 5.91 Å². The molecule has 0 spiro atoms. The second-order valence-electron chi connectivity index (χ2n) is 8.48. The monoisotopic (exact) mass is 581 g/mol. The first-order valence-electron chi connectivity index (χ1n) is 11.0. The lowest BCUT2D eigenvalue weighted by atomic mass is 9.82. The van der Waals surface area contributed by atoms with Gasteiger partial charge in [0.1, 0.15) is 12.0 Å². The maximum Gasteiger partial charge on any atom is 0.417 e. The molecule has 1 amide bonds. The Kier molecular flexibility index (Phi) is 8.61. The Bertz CT molecular complexity index is 1270. The summed E-state index contributed by atoms with van der Waals surface area (Å²) < 4.78 is 84.1. The van der Waals surface area contributed by atoms with E-state index in [0.29, 0.717) is 0 Å². The number of thioether (sulfide) groups is 1. The number of nitrogens with zero attached hydrogens (tertiary/aromatic N) is 2. The number of rotatable bonds is 7. The molecule has 14 heteroatoms. The Morgan fingerprint density at radius 2 is 1.74 bits per heavy atom. The third kappa shape index (κ3) is 6.37. The Labute approximate surface area is 223 Å². The number of alkyl halides is 6. The van der Waals surface area contributed by atoms with E-state index in [0.717, 1.165) is 42.1 Å². The summed E-state index contributed by atoms with van der Waals surface area (Å²) in [7, 11) is 0. The van der Waals surface area contributed by atoms with Crippen LogP contribution in [0.15, 0.2) is 46.4 Å². The molecule has 1 aliphatic rings.